The van der Waals surface area contributed by atoms with Gasteiger partial charge in [-0.3, -0.25) is 19.4 Å². The molecule has 200 valence electrons. The van der Waals surface area contributed by atoms with Crippen LogP contribution in [0.4, 0.5) is 5.69 Å². The summed E-state index contributed by atoms with van der Waals surface area (Å²) in [6, 6.07) is 30.7. The number of aromatic amines is 1. The van der Waals surface area contributed by atoms with Crippen LogP contribution >= 0.6 is 0 Å². The van der Waals surface area contributed by atoms with Gasteiger partial charge in [-0.2, -0.15) is 0 Å². The number of aliphatic imine (C=N–C) groups is 1. The fourth-order valence-corrected chi connectivity index (χ4v) is 5.77. The minimum absolute atomic E-state index is 0.160. The largest absolute Gasteiger partial charge is 0.492 e. The van der Waals surface area contributed by atoms with Crippen molar-refractivity contribution in [3.63, 3.8) is 0 Å². The van der Waals surface area contributed by atoms with Crippen molar-refractivity contribution in [2.45, 2.75) is 6.54 Å². The highest BCUT2D eigenvalue weighted by atomic mass is 16.5. The number of fused-ring (bicyclic) bond motifs is 2. The molecule has 0 bridgehead atoms. The number of ether oxygens (including phenoxy) is 1. The second-order valence-electron chi connectivity index (χ2n) is 10.4. The van der Waals surface area contributed by atoms with Crippen molar-refractivity contribution in [3.05, 3.63) is 113 Å². The van der Waals surface area contributed by atoms with Crippen LogP contribution in [0.3, 0.4) is 0 Å². The molecule has 0 unspecified atom stereocenters. The summed E-state index contributed by atoms with van der Waals surface area (Å²) in [6.07, 6.45) is 1.85. The predicted octanol–water partition coefficient (Wildman–Crippen LogP) is 5.25. The van der Waals surface area contributed by atoms with Crippen LogP contribution in [0.2, 0.25) is 0 Å². The lowest BCUT2D eigenvalue weighted by Crippen LogP contribution is -2.47. The van der Waals surface area contributed by atoms with E-state index in [2.05, 4.69) is 57.2 Å². The Labute approximate surface area is 233 Å². The first kappa shape index (κ1) is 24.6. The number of nitrogens with one attached hydrogen (secondary N) is 1. The molecule has 0 spiro atoms. The van der Waals surface area contributed by atoms with Gasteiger partial charge in [0.1, 0.15) is 12.4 Å². The fourth-order valence-electron chi connectivity index (χ4n) is 5.77. The summed E-state index contributed by atoms with van der Waals surface area (Å²) in [7, 11) is 0. The number of para-hydroxylation sites is 2. The normalized spacial score (nSPS) is 15.2. The van der Waals surface area contributed by atoms with E-state index in [1.165, 1.54) is 5.56 Å². The van der Waals surface area contributed by atoms with E-state index in [9.17, 15) is 4.79 Å². The van der Waals surface area contributed by atoms with Gasteiger partial charge in [-0.1, -0.05) is 66.7 Å². The highest BCUT2D eigenvalue weighted by molar-refractivity contribution is 6.02. The smallest absolute Gasteiger partial charge is 0.331 e. The zero-order valence-electron chi connectivity index (χ0n) is 22.3. The Hall–Kier alpha value is -4.46. The van der Waals surface area contributed by atoms with Crippen molar-refractivity contribution < 1.29 is 4.74 Å². The molecule has 40 heavy (non-hydrogen) atoms. The summed E-state index contributed by atoms with van der Waals surface area (Å²) in [5, 5.41) is 0. The van der Waals surface area contributed by atoms with Gasteiger partial charge < -0.3 is 9.72 Å². The molecule has 1 aromatic heterocycles. The van der Waals surface area contributed by atoms with E-state index >= 15 is 0 Å². The van der Waals surface area contributed by atoms with Crippen molar-refractivity contribution in [3.8, 4) is 22.6 Å². The summed E-state index contributed by atoms with van der Waals surface area (Å²) in [4.78, 5) is 25.7. The molecule has 2 aliphatic rings. The van der Waals surface area contributed by atoms with Gasteiger partial charge in [0.25, 0.3) is 0 Å². The Morgan fingerprint density at radius 1 is 0.800 bits per heavy atom. The molecule has 0 aliphatic carbocycles. The molecule has 0 radical (unpaired) electrons. The first-order valence-electron chi connectivity index (χ1n) is 13.9. The van der Waals surface area contributed by atoms with Crippen LogP contribution in [0.5, 0.6) is 5.75 Å². The maximum absolute atomic E-state index is 12.9. The molecule has 0 amide bonds. The summed E-state index contributed by atoms with van der Waals surface area (Å²) < 4.78 is 7.84. The van der Waals surface area contributed by atoms with Crippen molar-refractivity contribution in [2.75, 3.05) is 39.3 Å². The van der Waals surface area contributed by atoms with Gasteiger partial charge in [-0.15, -0.1) is 0 Å². The average molecular weight is 530 g/mol. The Morgan fingerprint density at radius 3 is 2.40 bits per heavy atom. The molecule has 1 N–H and O–H groups in total. The monoisotopic (exact) mass is 529 g/mol. The molecule has 1 fully saturated rings. The highest BCUT2D eigenvalue weighted by Crippen LogP contribution is 2.38. The molecule has 1 saturated heterocycles. The molecule has 7 rings (SSSR count). The van der Waals surface area contributed by atoms with Gasteiger partial charge in [0.05, 0.1) is 22.4 Å². The van der Waals surface area contributed by atoms with Crippen LogP contribution in [-0.4, -0.2) is 64.9 Å². The van der Waals surface area contributed by atoms with Gasteiger partial charge in [0.15, 0.2) is 0 Å². The maximum atomic E-state index is 12.9. The van der Waals surface area contributed by atoms with E-state index in [1.54, 1.807) is 4.57 Å². The highest BCUT2D eigenvalue weighted by Gasteiger charge is 2.20. The quantitative estimate of drug-likeness (QED) is 0.307. The Balaban J connectivity index is 1.00. The van der Waals surface area contributed by atoms with E-state index < -0.39 is 0 Å². The summed E-state index contributed by atoms with van der Waals surface area (Å²) in [6.45, 7) is 6.89. The summed E-state index contributed by atoms with van der Waals surface area (Å²) >= 11 is 0. The lowest BCUT2D eigenvalue weighted by Gasteiger charge is -2.34. The molecule has 4 aromatic carbocycles. The third kappa shape index (κ3) is 4.74. The van der Waals surface area contributed by atoms with E-state index in [0.29, 0.717) is 6.61 Å². The van der Waals surface area contributed by atoms with Crippen LogP contribution in [0.1, 0.15) is 11.1 Å². The molecule has 7 heteroatoms. The molecule has 3 heterocycles. The van der Waals surface area contributed by atoms with Crippen LogP contribution in [0, 0.1) is 0 Å². The van der Waals surface area contributed by atoms with Crippen LogP contribution in [-0.2, 0) is 6.54 Å². The maximum Gasteiger partial charge on any atom is 0.331 e. The number of H-pyrrole nitrogens is 1. The summed E-state index contributed by atoms with van der Waals surface area (Å²) in [5.41, 5.74) is 7.36. The van der Waals surface area contributed by atoms with Gasteiger partial charge in [0, 0.05) is 56.6 Å². The van der Waals surface area contributed by atoms with Crippen molar-refractivity contribution in [1.29, 1.82) is 0 Å². The Kier molecular flexibility index (Phi) is 6.51. The molecule has 7 nitrogen and oxygen atoms in total. The molecule has 5 aromatic rings. The van der Waals surface area contributed by atoms with Gasteiger partial charge in [-0.25, -0.2) is 4.79 Å². The van der Waals surface area contributed by atoms with Crippen LogP contribution in [0.25, 0.3) is 27.8 Å². The number of piperazine rings is 1. The third-order valence-corrected chi connectivity index (χ3v) is 7.88. The number of aromatic nitrogens is 2. The Morgan fingerprint density at radius 2 is 1.57 bits per heavy atom. The zero-order valence-corrected chi connectivity index (χ0v) is 22.3. The van der Waals surface area contributed by atoms with E-state index in [0.717, 1.165) is 84.1 Å². The first-order chi connectivity index (χ1) is 19.7. The van der Waals surface area contributed by atoms with E-state index in [4.69, 9.17) is 9.73 Å². The van der Waals surface area contributed by atoms with Gasteiger partial charge in [0.2, 0.25) is 0 Å². The number of benzene rings is 4. The standard InChI is InChI=1S/C33H31N5O2/c39-33-35-29-10-4-8-26-22-34-31-28(9-5-11-30(31)38(33)32(26)29)25-12-14-27(15-13-25)40-21-20-36-16-18-37(19-17-36)23-24-6-2-1-3-7-24/h1-15,22H,16-21,23H2,(H,35,39). The molecule has 0 atom stereocenters. The molecular weight excluding hydrogens is 498 g/mol. The van der Waals surface area contributed by atoms with Crippen LogP contribution < -0.4 is 10.4 Å². The van der Waals surface area contributed by atoms with E-state index in [1.807, 2.05) is 54.7 Å². The minimum atomic E-state index is -0.160. The average Bonchev–Trinajstić information content (AvgIpc) is 3.23. The van der Waals surface area contributed by atoms with Crippen molar-refractivity contribution >= 4 is 22.9 Å². The first-order valence-corrected chi connectivity index (χ1v) is 13.9. The zero-order chi connectivity index (χ0) is 26.9. The Bertz CT molecular complexity index is 1730. The lowest BCUT2D eigenvalue weighted by molar-refractivity contribution is 0.112. The topological polar surface area (TPSA) is 65.9 Å². The van der Waals surface area contributed by atoms with Crippen molar-refractivity contribution in [2.24, 2.45) is 4.99 Å². The lowest BCUT2D eigenvalue weighted by atomic mass is 10.0. The second-order valence-corrected chi connectivity index (χ2v) is 10.4. The molecule has 0 saturated carbocycles. The molecule has 2 aliphatic heterocycles. The van der Waals surface area contributed by atoms with Crippen molar-refractivity contribution in [1.82, 2.24) is 19.4 Å². The fraction of sp³-hybridized carbons (Fsp3) is 0.212. The number of rotatable bonds is 7. The third-order valence-electron chi connectivity index (χ3n) is 7.88. The van der Waals surface area contributed by atoms with Gasteiger partial charge in [-0.05, 0) is 35.4 Å². The second kappa shape index (κ2) is 10.6. The SMILES string of the molecule is O=c1[nH]c2cccc3c2n1-c1cccc(-c2ccc(OCCN4CCN(Cc5ccccc5)CC4)cc2)c1N=C3. The number of hydrogen-bond acceptors (Lipinski definition) is 5. The van der Waals surface area contributed by atoms with Crippen LogP contribution in [0.15, 0.2) is 101 Å². The van der Waals surface area contributed by atoms with Gasteiger partial charge >= 0.3 is 5.69 Å². The minimum Gasteiger partial charge on any atom is -0.492 e. The van der Waals surface area contributed by atoms with E-state index in [-0.39, 0.29) is 5.69 Å². The molecular formula is C33H31N5O2. The predicted molar refractivity (Wildman–Crippen MR) is 160 cm³/mol. The number of imidazole rings is 1. The summed E-state index contributed by atoms with van der Waals surface area (Å²) in [5.74, 6) is 0.855. The number of nitrogens with zero attached hydrogens (tertiary/aromatic N) is 4. The number of hydrogen-bond donors (Lipinski definition) is 1.